The molecule has 26 heavy (non-hydrogen) atoms. The van der Waals surface area contributed by atoms with Crippen molar-refractivity contribution in [1.29, 1.82) is 0 Å². The smallest absolute Gasteiger partial charge is 0.248 e. The molecule has 136 valence electrons. The largest absolute Gasteiger partial charge is 0.493 e. The minimum absolute atomic E-state index is 0.225. The molecule has 0 radical (unpaired) electrons. The molecule has 0 saturated carbocycles. The Kier molecular flexibility index (Phi) is 6.79. The second-order valence-corrected chi connectivity index (χ2v) is 5.46. The van der Waals surface area contributed by atoms with Crippen molar-refractivity contribution in [3.8, 4) is 11.5 Å². The number of ether oxygens (including phenoxy) is 2. The topological polar surface area (TPSA) is 90.6 Å². The fourth-order valence-electron chi connectivity index (χ4n) is 2.27. The Morgan fingerprint density at radius 1 is 1.12 bits per heavy atom. The summed E-state index contributed by atoms with van der Waals surface area (Å²) in [7, 11) is 1.57. The maximum Gasteiger partial charge on any atom is 0.248 e. The molecule has 0 atom stereocenters. The van der Waals surface area contributed by atoms with Gasteiger partial charge in [-0.3, -0.25) is 9.59 Å². The summed E-state index contributed by atoms with van der Waals surface area (Å²) in [5, 5.41) is 2.78. The van der Waals surface area contributed by atoms with Crippen LogP contribution in [0.5, 0.6) is 11.5 Å². The zero-order chi connectivity index (χ0) is 18.9. The Balaban J connectivity index is 1.93. The molecule has 2 aromatic carbocycles. The predicted molar refractivity (Wildman–Crippen MR) is 100 cm³/mol. The number of methoxy groups -OCH3 is 1. The van der Waals surface area contributed by atoms with E-state index in [9.17, 15) is 9.59 Å². The van der Waals surface area contributed by atoms with Gasteiger partial charge in [-0.1, -0.05) is 18.2 Å². The Labute approximate surface area is 152 Å². The fraction of sp³-hybridized carbons (Fsp3) is 0.200. The number of nitrogens with one attached hydrogen (secondary N) is 1. The zero-order valence-corrected chi connectivity index (χ0v) is 14.8. The van der Waals surface area contributed by atoms with Crippen LogP contribution in [0, 0.1) is 0 Å². The number of benzene rings is 2. The van der Waals surface area contributed by atoms with Gasteiger partial charge in [0.25, 0.3) is 0 Å². The Bertz CT molecular complexity index is 798. The normalized spacial score (nSPS) is 10.5. The second kappa shape index (κ2) is 9.27. The number of hydrogen-bond donors (Lipinski definition) is 2. The lowest BCUT2D eigenvalue weighted by molar-refractivity contribution is -0.116. The van der Waals surface area contributed by atoms with Crippen LogP contribution in [-0.2, 0) is 11.3 Å². The van der Waals surface area contributed by atoms with Gasteiger partial charge in [-0.2, -0.15) is 0 Å². The van der Waals surface area contributed by atoms with E-state index in [0.29, 0.717) is 30.2 Å². The average Bonchev–Trinajstić information content (AvgIpc) is 2.66. The van der Waals surface area contributed by atoms with E-state index in [2.05, 4.69) is 5.32 Å². The molecule has 0 heterocycles. The highest BCUT2D eigenvalue weighted by Gasteiger charge is 2.04. The first-order valence-electron chi connectivity index (χ1n) is 8.19. The standard InChI is InChI=1S/C20H22N2O4/c1-3-26-17-10-6-14(12-18(17)25-2)7-11-19(23)22-13-15-4-8-16(9-5-15)20(21)24/h4-12H,3,13H2,1-2H3,(H2,21,24)(H,22,23)/b11-7+. The van der Waals surface area contributed by atoms with E-state index in [4.69, 9.17) is 15.2 Å². The number of nitrogens with two attached hydrogens (primary N) is 1. The lowest BCUT2D eigenvalue weighted by atomic mass is 10.1. The van der Waals surface area contributed by atoms with Crippen LogP contribution < -0.4 is 20.5 Å². The third-order valence-electron chi connectivity index (χ3n) is 3.62. The van der Waals surface area contributed by atoms with Gasteiger partial charge in [0.15, 0.2) is 11.5 Å². The summed E-state index contributed by atoms with van der Waals surface area (Å²) in [5.74, 6) is 0.575. The van der Waals surface area contributed by atoms with Crippen LogP contribution in [0.15, 0.2) is 48.5 Å². The monoisotopic (exact) mass is 354 g/mol. The van der Waals surface area contributed by atoms with E-state index in [-0.39, 0.29) is 5.91 Å². The zero-order valence-electron chi connectivity index (χ0n) is 14.8. The first-order valence-corrected chi connectivity index (χ1v) is 8.19. The van der Waals surface area contributed by atoms with E-state index in [1.165, 1.54) is 6.08 Å². The third kappa shape index (κ3) is 5.37. The predicted octanol–water partition coefficient (Wildman–Crippen LogP) is 2.52. The Hall–Kier alpha value is -3.28. The molecule has 0 aliphatic rings. The number of amides is 2. The summed E-state index contributed by atoms with van der Waals surface area (Å²) in [6.07, 6.45) is 3.15. The van der Waals surface area contributed by atoms with Gasteiger partial charge in [0.1, 0.15) is 0 Å². The SMILES string of the molecule is CCOc1ccc(/C=C/C(=O)NCc2ccc(C(N)=O)cc2)cc1OC. The molecule has 2 amide bonds. The highest BCUT2D eigenvalue weighted by molar-refractivity contribution is 5.93. The van der Waals surface area contributed by atoms with Gasteiger partial charge in [-0.15, -0.1) is 0 Å². The van der Waals surface area contributed by atoms with Crippen LogP contribution in [0.2, 0.25) is 0 Å². The summed E-state index contributed by atoms with van der Waals surface area (Å²) < 4.78 is 10.7. The van der Waals surface area contributed by atoms with Gasteiger partial charge >= 0.3 is 0 Å². The van der Waals surface area contributed by atoms with Crippen LogP contribution in [0.25, 0.3) is 6.08 Å². The van der Waals surface area contributed by atoms with Crippen molar-refractivity contribution in [1.82, 2.24) is 5.32 Å². The second-order valence-electron chi connectivity index (χ2n) is 5.46. The summed E-state index contributed by atoms with van der Waals surface area (Å²) >= 11 is 0. The lowest BCUT2D eigenvalue weighted by Crippen LogP contribution is -2.20. The quantitative estimate of drug-likeness (QED) is 0.713. The number of carbonyl (C=O) groups excluding carboxylic acids is 2. The molecule has 2 aromatic rings. The number of hydrogen-bond acceptors (Lipinski definition) is 4. The molecular formula is C20H22N2O4. The average molecular weight is 354 g/mol. The summed E-state index contributed by atoms with van der Waals surface area (Å²) in [6.45, 7) is 2.81. The van der Waals surface area contributed by atoms with Crippen LogP contribution in [0.4, 0.5) is 0 Å². The van der Waals surface area contributed by atoms with E-state index in [1.54, 1.807) is 49.6 Å². The molecule has 6 nitrogen and oxygen atoms in total. The first-order chi connectivity index (χ1) is 12.5. The van der Waals surface area contributed by atoms with Crippen LogP contribution >= 0.6 is 0 Å². The molecular weight excluding hydrogens is 332 g/mol. The number of carbonyl (C=O) groups is 2. The van der Waals surface area contributed by atoms with Crippen LogP contribution in [0.1, 0.15) is 28.4 Å². The minimum Gasteiger partial charge on any atom is -0.493 e. The molecule has 0 saturated heterocycles. The van der Waals surface area contributed by atoms with Crippen LogP contribution in [-0.4, -0.2) is 25.5 Å². The van der Waals surface area contributed by atoms with Crippen LogP contribution in [0.3, 0.4) is 0 Å². The van der Waals surface area contributed by atoms with E-state index in [1.807, 2.05) is 13.0 Å². The maximum absolute atomic E-state index is 12.0. The van der Waals surface area contributed by atoms with Gasteiger partial charge in [-0.05, 0) is 48.4 Å². The highest BCUT2D eigenvalue weighted by atomic mass is 16.5. The Morgan fingerprint density at radius 3 is 2.46 bits per heavy atom. The van der Waals surface area contributed by atoms with Gasteiger partial charge in [0.05, 0.1) is 13.7 Å². The van der Waals surface area contributed by atoms with Gasteiger partial charge in [0, 0.05) is 18.2 Å². The van der Waals surface area contributed by atoms with E-state index < -0.39 is 5.91 Å². The molecule has 3 N–H and O–H groups in total. The minimum atomic E-state index is -0.477. The summed E-state index contributed by atoms with van der Waals surface area (Å²) in [5.41, 5.74) is 7.33. The van der Waals surface area contributed by atoms with Gasteiger partial charge in [0.2, 0.25) is 11.8 Å². The molecule has 0 bridgehead atoms. The van der Waals surface area contributed by atoms with Crippen molar-refractivity contribution < 1.29 is 19.1 Å². The molecule has 0 aliphatic carbocycles. The highest BCUT2D eigenvalue weighted by Crippen LogP contribution is 2.28. The van der Waals surface area contributed by atoms with E-state index in [0.717, 1.165) is 11.1 Å². The molecule has 0 aromatic heterocycles. The molecule has 0 aliphatic heterocycles. The molecule has 2 rings (SSSR count). The lowest BCUT2D eigenvalue weighted by Gasteiger charge is -2.09. The number of primary amides is 1. The van der Waals surface area contributed by atoms with Crippen molar-refractivity contribution in [2.45, 2.75) is 13.5 Å². The third-order valence-corrected chi connectivity index (χ3v) is 3.62. The number of rotatable bonds is 8. The maximum atomic E-state index is 12.0. The summed E-state index contributed by atoms with van der Waals surface area (Å²) in [4.78, 5) is 23.0. The molecule has 0 fully saturated rings. The van der Waals surface area contributed by atoms with Crippen molar-refractivity contribution in [2.75, 3.05) is 13.7 Å². The van der Waals surface area contributed by atoms with Crippen molar-refractivity contribution >= 4 is 17.9 Å². The van der Waals surface area contributed by atoms with Crippen molar-refractivity contribution in [3.05, 3.63) is 65.2 Å². The van der Waals surface area contributed by atoms with Gasteiger partial charge < -0.3 is 20.5 Å². The molecule has 0 spiro atoms. The van der Waals surface area contributed by atoms with E-state index >= 15 is 0 Å². The van der Waals surface area contributed by atoms with Gasteiger partial charge in [-0.25, -0.2) is 0 Å². The summed E-state index contributed by atoms with van der Waals surface area (Å²) in [6, 6.07) is 12.2. The first kappa shape index (κ1) is 19.1. The fourth-order valence-corrected chi connectivity index (χ4v) is 2.27. The van der Waals surface area contributed by atoms with Crippen molar-refractivity contribution in [2.24, 2.45) is 5.73 Å². The Morgan fingerprint density at radius 2 is 1.85 bits per heavy atom. The molecule has 0 unspecified atom stereocenters. The van der Waals surface area contributed by atoms with Crippen molar-refractivity contribution in [3.63, 3.8) is 0 Å². The molecule has 6 heteroatoms.